The Balaban J connectivity index is 1.91. The molecule has 2 aromatic heterocycles. The molecule has 16 heavy (non-hydrogen) atoms. The van der Waals surface area contributed by atoms with E-state index in [1.54, 1.807) is 11.3 Å². The molecular formula is C11H14N4S. The van der Waals surface area contributed by atoms with Crippen molar-refractivity contribution in [2.45, 2.75) is 31.8 Å². The molecule has 0 spiro atoms. The van der Waals surface area contributed by atoms with Crippen LogP contribution >= 0.6 is 11.3 Å². The first kappa shape index (κ1) is 9.99. The molecule has 0 radical (unpaired) electrons. The van der Waals surface area contributed by atoms with E-state index in [-0.39, 0.29) is 6.04 Å². The van der Waals surface area contributed by atoms with E-state index >= 15 is 0 Å². The van der Waals surface area contributed by atoms with Crippen LogP contribution in [-0.2, 0) is 13.0 Å². The van der Waals surface area contributed by atoms with Crippen LogP contribution in [0.25, 0.3) is 0 Å². The molecule has 1 atom stereocenters. The average Bonchev–Trinajstić information content (AvgIpc) is 2.90. The van der Waals surface area contributed by atoms with Crippen molar-refractivity contribution < 1.29 is 0 Å². The number of hydrogen-bond donors (Lipinski definition) is 1. The van der Waals surface area contributed by atoms with Crippen LogP contribution in [0, 0.1) is 0 Å². The van der Waals surface area contributed by atoms with Gasteiger partial charge in [-0.2, -0.15) is 0 Å². The Morgan fingerprint density at radius 2 is 2.44 bits per heavy atom. The lowest BCUT2D eigenvalue weighted by Crippen LogP contribution is -2.23. The first-order valence-corrected chi connectivity index (χ1v) is 6.42. The van der Waals surface area contributed by atoms with Crippen molar-refractivity contribution >= 4 is 11.3 Å². The van der Waals surface area contributed by atoms with Crippen molar-refractivity contribution in [3.8, 4) is 0 Å². The molecule has 1 aliphatic heterocycles. The number of rotatable bonds is 2. The van der Waals surface area contributed by atoms with Gasteiger partial charge < -0.3 is 10.3 Å². The van der Waals surface area contributed by atoms with Crippen molar-refractivity contribution in [1.82, 2.24) is 14.8 Å². The van der Waals surface area contributed by atoms with Gasteiger partial charge in [0.25, 0.3) is 0 Å². The predicted octanol–water partition coefficient (Wildman–Crippen LogP) is 1.72. The molecule has 2 aromatic rings. The minimum atomic E-state index is 0.0679. The van der Waals surface area contributed by atoms with E-state index in [1.807, 2.05) is 0 Å². The molecule has 0 aliphatic carbocycles. The largest absolute Gasteiger partial charge is 0.321 e. The highest BCUT2D eigenvalue weighted by atomic mass is 32.1. The van der Waals surface area contributed by atoms with E-state index in [4.69, 9.17) is 5.73 Å². The number of hydrogen-bond acceptors (Lipinski definition) is 4. The Hall–Kier alpha value is -1.20. The zero-order valence-corrected chi connectivity index (χ0v) is 9.78. The second-order valence-electron chi connectivity index (χ2n) is 4.13. The SMILES string of the molecule is NC1CCCn2c(Cc3cccs3)nnc21. The molecule has 0 saturated heterocycles. The van der Waals surface area contributed by atoms with Crippen molar-refractivity contribution in [3.05, 3.63) is 34.0 Å². The van der Waals surface area contributed by atoms with Crippen LogP contribution in [0.1, 0.15) is 35.4 Å². The first-order valence-electron chi connectivity index (χ1n) is 5.54. The van der Waals surface area contributed by atoms with Crippen molar-refractivity contribution in [3.63, 3.8) is 0 Å². The van der Waals surface area contributed by atoms with Gasteiger partial charge in [0, 0.05) is 17.8 Å². The third-order valence-electron chi connectivity index (χ3n) is 3.00. The molecule has 0 bridgehead atoms. The van der Waals surface area contributed by atoms with Gasteiger partial charge in [-0.05, 0) is 24.3 Å². The van der Waals surface area contributed by atoms with Crippen molar-refractivity contribution in [2.75, 3.05) is 0 Å². The molecule has 3 heterocycles. The molecule has 3 rings (SSSR count). The minimum Gasteiger partial charge on any atom is -0.321 e. The van der Waals surface area contributed by atoms with E-state index in [1.165, 1.54) is 4.88 Å². The van der Waals surface area contributed by atoms with Gasteiger partial charge in [-0.3, -0.25) is 0 Å². The van der Waals surface area contributed by atoms with Crippen molar-refractivity contribution in [2.24, 2.45) is 5.73 Å². The summed E-state index contributed by atoms with van der Waals surface area (Å²) in [4.78, 5) is 1.33. The average molecular weight is 234 g/mol. The van der Waals surface area contributed by atoms with Gasteiger partial charge in [-0.15, -0.1) is 21.5 Å². The molecule has 4 nitrogen and oxygen atoms in total. The van der Waals surface area contributed by atoms with Crippen LogP contribution in [0.2, 0.25) is 0 Å². The summed E-state index contributed by atoms with van der Waals surface area (Å²) in [5.41, 5.74) is 6.01. The fraction of sp³-hybridized carbons (Fsp3) is 0.455. The fourth-order valence-corrected chi connectivity index (χ4v) is 2.87. The lowest BCUT2D eigenvalue weighted by atomic mass is 10.1. The fourth-order valence-electron chi connectivity index (χ4n) is 2.17. The lowest BCUT2D eigenvalue weighted by Gasteiger charge is -2.19. The van der Waals surface area contributed by atoms with Gasteiger partial charge in [-0.25, -0.2) is 0 Å². The molecule has 5 heteroatoms. The van der Waals surface area contributed by atoms with Crippen LogP contribution in [0.5, 0.6) is 0 Å². The Morgan fingerprint density at radius 1 is 1.50 bits per heavy atom. The monoisotopic (exact) mass is 234 g/mol. The summed E-state index contributed by atoms with van der Waals surface area (Å²) in [7, 11) is 0. The lowest BCUT2D eigenvalue weighted by molar-refractivity contribution is 0.444. The Bertz CT molecular complexity index is 474. The summed E-state index contributed by atoms with van der Waals surface area (Å²) in [5.74, 6) is 2.01. The molecular weight excluding hydrogens is 220 g/mol. The topological polar surface area (TPSA) is 56.7 Å². The third-order valence-corrected chi connectivity index (χ3v) is 3.87. The molecule has 0 aromatic carbocycles. The zero-order chi connectivity index (χ0) is 11.0. The van der Waals surface area contributed by atoms with E-state index in [0.717, 1.165) is 37.5 Å². The van der Waals surface area contributed by atoms with Crippen LogP contribution < -0.4 is 5.73 Å². The zero-order valence-electron chi connectivity index (χ0n) is 8.97. The van der Waals surface area contributed by atoms with Gasteiger partial charge in [0.2, 0.25) is 0 Å². The second-order valence-corrected chi connectivity index (χ2v) is 5.16. The quantitative estimate of drug-likeness (QED) is 0.860. The Kier molecular flexibility index (Phi) is 2.49. The summed E-state index contributed by atoms with van der Waals surface area (Å²) in [5, 5.41) is 10.6. The Morgan fingerprint density at radius 3 is 3.25 bits per heavy atom. The van der Waals surface area contributed by atoms with Crippen LogP contribution in [0.4, 0.5) is 0 Å². The number of fused-ring (bicyclic) bond motifs is 1. The molecule has 84 valence electrons. The summed E-state index contributed by atoms with van der Waals surface area (Å²) < 4.78 is 2.19. The number of thiophene rings is 1. The van der Waals surface area contributed by atoms with Gasteiger partial charge in [0.05, 0.1) is 6.04 Å². The normalized spacial score (nSPS) is 19.7. The smallest absolute Gasteiger partial charge is 0.149 e. The van der Waals surface area contributed by atoms with Gasteiger partial charge in [0.1, 0.15) is 11.6 Å². The van der Waals surface area contributed by atoms with E-state index in [9.17, 15) is 0 Å². The summed E-state index contributed by atoms with van der Waals surface area (Å²) in [6, 6.07) is 4.27. The van der Waals surface area contributed by atoms with Gasteiger partial charge in [0.15, 0.2) is 0 Å². The molecule has 0 saturated carbocycles. The third kappa shape index (κ3) is 1.66. The second kappa shape index (κ2) is 3.99. The van der Waals surface area contributed by atoms with E-state index in [0.29, 0.717) is 0 Å². The molecule has 0 fully saturated rings. The minimum absolute atomic E-state index is 0.0679. The van der Waals surface area contributed by atoms with Crippen LogP contribution in [0.3, 0.4) is 0 Å². The summed E-state index contributed by atoms with van der Waals surface area (Å²) in [6.45, 7) is 1.01. The predicted molar refractivity (Wildman–Crippen MR) is 63.3 cm³/mol. The number of aromatic nitrogens is 3. The highest BCUT2D eigenvalue weighted by Gasteiger charge is 2.22. The first-order chi connectivity index (χ1) is 7.84. The molecule has 1 unspecified atom stereocenters. The number of nitrogens with two attached hydrogens (primary N) is 1. The van der Waals surface area contributed by atoms with Crippen LogP contribution in [0.15, 0.2) is 17.5 Å². The molecule has 0 amide bonds. The highest BCUT2D eigenvalue weighted by Crippen LogP contribution is 2.23. The maximum Gasteiger partial charge on any atom is 0.149 e. The summed E-state index contributed by atoms with van der Waals surface area (Å²) in [6.07, 6.45) is 3.03. The van der Waals surface area contributed by atoms with E-state index < -0.39 is 0 Å². The van der Waals surface area contributed by atoms with E-state index in [2.05, 4.69) is 32.3 Å². The standard InChI is InChI=1S/C11H14N4S/c12-9-4-1-5-15-10(13-14-11(9)15)7-8-3-2-6-16-8/h2-3,6,9H,1,4-5,7,12H2. The number of nitrogens with zero attached hydrogens (tertiary/aromatic N) is 3. The van der Waals surface area contributed by atoms with Crippen molar-refractivity contribution in [1.29, 1.82) is 0 Å². The molecule has 1 aliphatic rings. The Labute approximate surface area is 98.1 Å². The molecule has 2 N–H and O–H groups in total. The highest BCUT2D eigenvalue weighted by molar-refractivity contribution is 7.09. The van der Waals surface area contributed by atoms with Crippen LogP contribution in [-0.4, -0.2) is 14.8 Å². The maximum absolute atomic E-state index is 6.01. The maximum atomic E-state index is 6.01. The van der Waals surface area contributed by atoms with Gasteiger partial charge in [-0.1, -0.05) is 6.07 Å². The van der Waals surface area contributed by atoms with Gasteiger partial charge >= 0.3 is 0 Å². The summed E-state index contributed by atoms with van der Waals surface area (Å²) >= 11 is 1.76.